The smallest absolute Gasteiger partial charge is 0.186 e. The lowest BCUT2D eigenvalue weighted by Gasteiger charge is -2.12. The van der Waals surface area contributed by atoms with Gasteiger partial charge in [0.2, 0.25) is 0 Å². The predicted octanol–water partition coefficient (Wildman–Crippen LogP) is 3.13. The molecule has 7 heteroatoms. The van der Waals surface area contributed by atoms with Crippen LogP contribution in [0.3, 0.4) is 0 Å². The zero-order chi connectivity index (χ0) is 18.6. The number of aromatic nitrogens is 2. The molecule has 0 saturated heterocycles. The van der Waals surface area contributed by atoms with Crippen LogP contribution in [0.5, 0.6) is 11.5 Å². The minimum atomic E-state index is -3.64. The summed E-state index contributed by atoms with van der Waals surface area (Å²) in [6.45, 7) is 0. The highest BCUT2D eigenvalue weighted by atomic mass is 32.2. The number of nitrogens with zero attached hydrogens (tertiary/aromatic N) is 2. The number of ether oxygens (including phenoxy) is 2. The highest BCUT2D eigenvalue weighted by Gasteiger charge is 2.21. The van der Waals surface area contributed by atoms with Crippen LogP contribution < -0.4 is 9.47 Å². The lowest BCUT2D eigenvalue weighted by atomic mass is 10.1. The summed E-state index contributed by atoms with van der Waals surface area (Å²) in [5, 5.41) is 0. The standard InChI is InChI=1S/C19H18N2O4S/c1-24-17-3-4-18(25-2)19(10-17)26(22,23)13-14-9-16(12-21-11-14)15-5-7-20-8-6-15/h3-12H,13H2,1-2H3. The predicted molar refractivity (Wildman–Crippen MR) is 97.9 cm³/mol. The van der Waals surface area contributed by atoms with Gasteiger partial charge in [-0.05, 0) is 41.5 Å². The molecule has 26 heavy (non-hydrogen) atoms. The molecular formula is C19H18N2O4S. The third-order valence-corrected chi connectivity index (χ3v) is 5.57. The zero-order valence-corrected chi connectivity index (χ0v) is 15.2. The summed E-state index contributed by atoms with van der Waals surface area (Å²) in [6.07, 6.45) is 6.60. The molecule has 0 aliphatic carbocycles. The van der Waals surface area contributed by atoms with E-state index in [1.165, 1.54) is 20.3 Å². The van der Waals surface area contributed by atoms with E-state index in [9.17, 15) is 8.42 Å². The van der Waals surface area contributed by atoms with Crippen molar-refractivity contribution in [3.05, 3.63) is 66.7 Å². The molecule has 6 nitrogen and oxygen atoms in total. The van der Waals surface area contributed by atoms with Gasteiger partial charge in [-0.2, -0.15) is 0 Å². The van der Waals surface area contributed by atoms with Crippen molar-refractivity contribution in [1.29, 1.82) is 0 Å². The van der Waals surface area contributed by atoms with Crippen LogP contribution >= 0.6 is 0 Å². The summed E-state index contributed by atoms with van der Waals surface area (Å²) >= 11 is 0. The number of hydrogen-bond donors (Lipinski definition) is 0. The Balaban J connectivity index is 1.96. The number of benzene rings is 1. The second-order valence-corrected chi connectivity index (χ2v) is 7.55. The van der Waals surface area contributed by atoms with Crippen molar-refractivity contribution in [3.8, 4) is 22.6 Å². The lowest BCUT2D eigenvalue weighted by molar-refractivity contribution is 0.392. The lowest BCUT2D eigenvalue weighted by Crippen LogP contribution is -2.07. The van der Waals surface area contributed by atoms with Gasteiger partial charge >= 0.3 is 0 Å². The Morgan fingerprint density at radius 2 is 1.65 bits per heavy atom. The van der Waals surface area contributed by atoms with Crippen molar-refractivity contribution < 1.29 is 17.9 Å². The molecule has 0 N–H and O–H groups in total. The number of sulfone groups is 1. The third kappa shape index (κ3) is 3.83. The van der Waals surface area contributed by atoms with E-state index < -0.39 is 9.84 Å². The fourth-order valence-corrected chi connectivity index (χ4v) is 4.10. The molecule has 0 atom stereocenters. The highest BCUT2D eigenvalue weighted by molar-refractivity contribution is 7.90. The van der Waals surface area contributed by atoms with E-state index >= 15 is 0 Å². The van der Waals surface area contributed by atoms with E-state index in [-0.39, 0.29) is 16.4 Å². The molecule has 2 aromatic heterocycles. The van der Waals surface area contributed by atoms with E-state index in [4.69, 9.17) is 9.47 Å². The van der Waals surface area contributed by atoms with Crippen LogP contribution in [0.2, 0.25) is 0 Å². The fraction of sp³-hybridized carbons (Fsp3) is 0.158. The molecule has 0 unspecified atom stereocenters. The quantitative estimate of drug-likeness (QED) is 0.663. The third-order valence-electron chi connectivity index (χ3n) is 3.87. The molecule has 1 aromatic carbocycles. The van der Waals surface area contributed by atoms with Gasteiger partial charge < -0.3 is 9.47 Å². The Bertz CT molecular complexity index is 1010. The molecule has 0 bridgehead atoms. The molecule has 3 aromatic rings. The average molecular weight is 370 g/mol. The first-order valence-corrected chi connectivity index (χ1v) is 9.48. The highest BCUT2D eigenvalue weighted by Crippen LogP contribution is 2.31. The number of pyridine rings is 2. The van der Waals surface area contributed by atoms with Gasteiger partial charge in [-0.25, -0.2) is 8.42 Å². The monoisotopic (exact) mass is 370 g/mol. The Labute approximate surface area is 152 Å². The molecule has 0 fully saturated rings. The largest absolute Gasteiger partial charge is 0.497 e. The normalized spacial score (nSPS) is 11.2. The van der Waals surface area contributed by atoms with Gasteiger partial charge in [0.25, 0.3) is 0 Å². The Hall–Kier alpha value is -2.93. The van der Waals surface area contributed by atoms with Crippen LogP contribution in [0.1, 0.15) is 5.56 Å². The van der Waals surface area contributed by atoms with Crippen molar-refractivity contribution >= 4 is 9.84 Å². The van der Waals surface area contributed by atoms with Gasteiger partial charge in [-0.1, -0.05) is 0 Å². The summed E-state index contributed by atoms with van der Waals surface area (Å²) in [5.74, 6) is 0.541. The van der Waals surface area contributed by atoms with Gasteiger partial charge in [0.15, 0.2) is 9.84 Å². The molecule has 0 aliphatic rings. The number of hydrogen-bond acceptors (Lipinski definition) is 6. The minimum absolute atomic E-state index is 0.0914. The summed E-state index contributed by atoms with van der Waals surface area (Å²) in [5.41, 5.74) is 2.34. The van der Waals surface area contributed by atoms with Gasteiger partial charge in [0.05, 0.1) is 20.0 Å². The second-order valence-electron chi connectivity index (χ2n) is 5.59. The van der Waals surface area contributed by atoms with Crippen molar-refractivity contribution in [2.45, 2.75) is 10.6 Å². The van der Waals surface area contributed by atoms with Gasteiger partial charge in [0.1, 0.15) is 16.4 Å². The van der Waals surface area contributed by atoms with E-state index in [0.29, 0.717) is 11.3 Å². The fourth-order valence-electron chi connectivity index (χ4n) is 2.59. The van der Waals surface area contributed by atoms with Gasteiger partial charge in [-0.3, -0.25) is 9.97 Å². The molecule has 0 spiro atoms. The zero-order valence-electron chi connectivity index (χ0n) is 14.4. The Morgan fingerprint density at radius 1 is 0.885 bits per heavy atom. The molecule has 0 aliphatic heterocycles. The second kappa shape index (κ2) is 7.53. The van der Waals surface area contributed by atoms with E-state index in [1.54, 1.807) is 36.9 Å². The maximum Gasteiger partial charge on any atom is 0.186 e. The first kappa shape index (κ1) is 17.9. The van der Waals surface area contributed by atoms with Crippen LogP contribution in [0.25, 0.3) is 11.1 Å². The van der Waals surface area contributed by atoms with Crippen LogP contribution in [0.15, 0.2) is 66.1 Å². The first-order chi connectivity index (χ1) is 12.5. The molecule has 134 valence electrons. The molecule has 0 saturated carbocycles. The van der Waals surface area contributed by atoms with E-state index in [2.05, 4.69) is 9.97 Å². The van der Waals surface area contributed by atoms with Crippen LogP contribution in [-0.2, 0) is 15.6 Å². The molecule has 3 rings (SSSR count). The average Bonchev–Trinajstić information content (AvgIpc) is 2.68. The van der Waals surface area contributed by atoms with Crippen molar-refractivity contribution in [3.63, 3.8) is 0 Å². The van der Waals surface area contributed by atoms with E-state index in [1.807, 2.05) is 18.2 Å². The summed E-state index contributed by atoms with van der Waals surface area (Å²) in [6, 6.07) is 10.2. The maximum absolute atomic E-state index is 12.9. The number of rotatable bonds is 6. The maximum atomic E-state index is 12.9. The van der Waals surface area contributed by atoms with E-state index in [0.717, 1.165) is 11.1 Å². The van der Waals surface area contributed by atoms with Crippen molar-refractivity contribution in [1.82, 2.24) is 9.97 Å². The van der Waals surface area contributed by atoms with Gasteiger partial charge in [0, 0.05) is 36.4 Å². The number of methoxy groups -OCH3 is 2. The topological polar surface area (TPSA) is 78.4 Å². The summed E-state index contributed by atoms with van der Waals surface area (Å²) in [4.78, 5) is 8.25. The van der Waals surface area contributed by atoms with Crippen LogP contribution in [0, 0.1) is 0 Å². The SMILES string of the molecule is COc1ccc(OC)c(S(=O)(=O)Cc2cncc(-c3ccncc3)c2)c1. The molecule has 0 amide bonds. The molecule has 0 radical (unpaired) electrons. The Morgan fingerprint density at radius 3 is 2.35 bits per heavy atom. The van der Waals surface area contributed by atoms with Crippen molar-refractivity contribution in [2.24, 2.45) is 0 Å². The van der Waals surface area contributed by atoms with Crippen LogP contribution in [0.4, 0.5) is 0 Å². The molecular weight excluding hydrogens is 352 g/mol. The van der Waals surface area contributed by atoms with Crippen LogP contribution in [-0.4, -0.2) is 32.6 Å². The van der Waals surface area contributed by atoms with Gasteiger partial charge in [-0.15, -0.1) is 0 Å². The molecule has 2 heterocycles. The minimum Gasteiger partial charge on any atom is -0.497 e. The summed E-state index contributed by atoms with van der Waals surface area (Å²) < 4.78 is 36.2. The Kier molecular flexibility index (Phi) is 5.18. The summed E-state index contributed by atoms with van der Waals surface area (Å²) in [7, 11) is -0.722. The first-order valence-electron chi connectivity index (χ1n) is 7.82. The van der Waals surface area contributed by atoms with Crippen molar-refractivity contribution in [2.75, 3.05) is 14.2 Å².